The van der Waals surface area contributed by atoms with Crippen LogP contribution in [0.2, 0.25) is 0 Å². The van der Waals surface area contributed by atoms with E-state index < -0.39 is 6.10 Å². The highest BCUT2D eigenvalue weighted by Crippen LogP contribution is 2.16. The number of unbranched alkanes of at least 4 members (excludes halogenated alkanes) is 3. The molecule has 0 radical (unpaired) electrons. The van der Waals surface area contributed by atoms with E-state index in [9.17, 15) is 5.11 Å². The van der Waals surface area contributed by atoms with Crippen LogP contribution in [0.3, 0.4) is 0 Å². The Labute approximate surface area is 84.9 Å². The van der Waals surface area contributed by atoms with Gasteiger partial charge in [0.1, 0.15) is 11.9 Å². The zero-order chi connectivity index (χ0) is 10.2. The molecule has 0 aliphatic carbocycles. The van der Waals surface area contributed by atoms with Gasteiger partial charge in [-0.1, -0.05) is 18.9 Å². The molecule has 0 aliphatic rings. The molecule has 0 aromatic carbocycles. The van der Waals surface area contributed by atoms with Crippen molar-refractivity contribution in [3.8, 4) is 0 Å². The first-order valence-electron chi connectivity index (χ1n) is 5.13. The molecule has 0 aliphatic heterocycles. The predicted molar refractivity (Wildman–Crippen MR) is 56.8 cm³/mol. The summed E-state index contributed by atoms with van der Waals surface area (Å²) in [6.45, 7) is 3.67. The van der Waals surface area contributed by atoms with Crippen LogP contribution >= 0.6 is 0 Å². The molecule has 3 heteroatoms. The van der Waals surface area contributed by atoms with Gasteiger partial charge in [0.15, 0.2) is 0 Å². The average molecular weight is 194 g/mol. The quantitative estimate of drug-likeness (QED) is 0.517. The number of allylic oxidation sites excluding steroid dienone is 1. The molecule has 0 amide bonds. The lowest BCUT2D eigenvalue weighted by Crippen LogP contribution is -1.99. The first kappa shape index (κ1) is 11.0. The van der Waals surface area contributed by atoms with Crippen molar-refractivity contribution in [1.82, 2.24) is 9.97 Å². The molecule has 1 aromatic rings. The summed E-state index contributed by atoms with van der Waals surface area (Å²) in [5.74, 6) is 0.675. The van der Waals surface area contributed by atoms with Crippen LogP contribution in [0.4, 0.5) is 0 Å². The van der Waals surface area contributed by atoms with E-state index in [1.54, 1.807) is 12.4 Å². The van der Waals surface area contributed by atoms with Crippen LogP contribution in [0.1, 0.15) is 44.0 Å². The number of nitrogens with one attached hydrogen (secondary N) is 1. The third-order valence-electron chi connectivity index (χ3n) is 2.22. The maximum absolute atomic E-state index is 9.65. The molecular weight excluding hydrogens is 176 g/mol. The lowest BCUT2D eigenvalue weighted by atomic mass is 10.1. The van der Waals surface area contributed by atoms with Crippen LogP contribution in [-0.4, -0.2) is 15.1 Å². The molecule has 78 valence electrons. The number of aromatic amines is 1. The second-order valence-corrected chi connectivity index (χ2v) is 3.42. The number of rotatable bonds is 7. The molecule has 14 heavy (non-hydrogen) atoms. The molecule has 3 nitrogen and oxygen atoms in total. The Balaban J connectivity index is 2.10. The number of hydrogen-bond donors (Lipinski definition) is 2. The molecule has 1 unspecified atom stereocenters. The molecule has 1 aromatic heterocycles. The van der Waals surface area contributed by atoms with Crippen molar-refractivity contribution < 1.29 is 5.11 Å². The summed E-state index contributed by atoms with van der Waals surface area (Å²) in [7, 11) is 0. The van der Waals surface area contributed by atoms with Crippen LogP contribution in [0.25, 0.3) is 0 Å². The number of aromatic nitrogens is 2. The van der Waals surface area contributed by atoms with E-state index in [1.165, 1.54) is 0 Å². The van der Waals surface area contributed by atoms with Gasteiger partial charge in [-0.15, -0.1) is 6.58 Å². The third-order valence-corrected chi connectivity index (χ3v) is 2.22. The smallest absolute Gasteiger partial charge is 0.134 e. The maximum atomic E-state index is 9.65. The summed E-state index contributed by atoms with van der Waals surface area (Å²) in [6.07, 6.45) is 10.1. The van der Waals surface area contributed by atoms with Gasteiger partial charge in [0.05, 0.1) is 0 Å². The van der Waals surface area contributed by atoms with Crippen molar-refractivity contribution in [3.05, 3.63) is 30.9 Å². The number of H-pyrrole nitrogens is 1. The summed E-state index contributed by atoms with van der Waals surface area (Å²) in [5, 5.41) is 9.65. The fraction of sp³-hybridized carbons (Fsp3) is 0.545. The Morgan fingerprint density at radius 3 is 3.00 bits per heavy atom. The summed E-state index contributed by atoms with van der Waals surface area (Å²) in [5.41, 5.74) is 0. The Kier molecular flexibility index (Phi) is 5.00. The number of hydrogen-bond acceptors (Lipinski definition) is 2. The fourth-order valence-corrected chi connectivity index (χ4v) is 1.40. The lowest BCUT2D eigenvalue weighted by Gasteiger charge is -2.06. The molecule has 0 bridgehead atoms. The van der Waals surface area contributed by atoms with E-state index in [0.29, 0.717) is 5.82 Å². The number of aliphatic hydroxyl groups excluding tert-OH is 1. The van der Waals surface area contributed by atoms with E-state index in [2.05, 4.69) is 16.5 Å². The van der Waals surface area contributed by atoms with Crippen molar-refractivity contribution in [2.75, 3.05) is 0 Å². The minimum absolute atomic E-state index is 0.436. The van der Waals surface area contributed by atoms with Gasteiger partial charge in [-0.3, -0.25) is 0 Å². The van der Waals surface area contributed by atoms with Gasteiger partial charge >= 0.3 is 0 Å². The fourth-order valence-electron chi connectivity index (χ4n) is 1.40. The highest BCUT2D eigenvalue weighted by atomic mass is 16.3. The van der Waals surface area contributed by atoms with E-state index in [1.807, 2.05) is 6.08 Å². The Bertz CT molecular complexity index is 244. The molecule has 0 spiro atoms. The van der Waals surface area contributed by atoms with Crippen molar-refractivity contribution in [2.45, 2.75) is 38.2 Å². The Hall–Kier alpha value is -1.09. The summed E-state index contributed by atoms with van der Waals surface area (Å²) >= 11 is 0. The van der Waals surface area contributed by atoms with E-state index in [0.717, 1.165) is 32.1 Å². The molecule has 0 saturated carbocycles. The first-order valence-corrected chi connectivity index (χ1v) is 5.13. The highest BCUT2D eigenvalue weighted by molar-refractivity contribution is 4.91. The number of aliphatic hydroxyl groups is 1. The van der Waals surface area contributed by atoms with Gasteiger partial charge in [-0.05, 0) is 19.3 Å². The SMILES string of the molecule is C=CCCCCCC(O)c1ncc[nH]1. The summed E-state index contributed by atoms with van der Waals surface area (Å²) in [4.78, 5) is 6.92. The topological polar surface area (TPSA) is 48.9 Å². The molecule has 1 rings (SSSR count). The van der Waals surface area contributed by atoms with Gasteiger partial charge < -0.3 is 10.1 Å². The van der Waals surface area contributed by atoms with Gasteiger partial charge in [0, 0.05) is 12.4 Å². The zero-order valence-corrected chi connectivity index (χ0v) is 8.45. The van der Waals surface area contributed by atoms with Gasteiger partial charge in [0.2, 0.25) is 0 Å². The third kappa shape index (κ3) is 3.75. The molecule has 2 N–H and O–H groups in total. The molecule has 1 heterocycles. The molecule has 0 saturated heterocycles. The second kappa shape index (κ2) is 6.38. The van der Waals surface area contributed by atoms with Crippen LogP contribution < -0.4 is 0 Å². The summed E-state index contributed by atoms with van der Waals surface area (Å²) in [6, 6.07) is 0. The Morgan fingerprint density at radius 2 is 2.36 bits per heavy atom. The normalized spacial score (nSPS) is 12.6. The minimum atomic E-state index is -0.436. The van der Waals surface area contributed by atoms with Crippen molar-refractivity contribution in [3.63, 3.8) is 0 Å². The van der Waals surface area contributed by atoms with E-state index >= 15 is 0 Å². The molecular formula is C11H18N2O. The van der Waals surface area contributed by atoms with Gasteiger partial charge in [0.25, 0.3) is 0 Å². The first-order chi connectivity index (χ1) is 6.84. The van der Waals surface area contributed by atoms with Crippen molar-refractivity contribution >= 4 is 0 Å². The zero-order valence-electron chi connectivity index (χ0n) is 8.45. The van der Waals surface area contributed by atoms with E-state index in [4.69, 9.17) is 0 Å². The number of nitrogens with zero attached hydrogens (tertiary/aromatic N) is 1. The number of imidazole rings is 1. The monoisotopic (exact) mass is 194 g/mol. The van der Waals surface area contributed by atoms with Crippen LogP contribution in [-0.2, 0) is 0 Å². The lowest BCUT2D eigenvalue weighted by molar-refractivity contribution is 0.155. The highest BCUT2D eigenvalue weighted by Gasteiger charge is 2.08. The Morgan fingerprint density at radius 1 is 1.50 bits per heavy atom. The van der Waals surface area contributed by atoms with Crippen molar-refractivity contribution in [2.24, 2.45) is 0 Å². The van der Waals surface area contributed by atoms with Crippen molar-refractivity contribution in [1.29, 1.82) is 0 Å². The molecule has 1 atom stereocenters. The summed E-state index contributed by atoms with van der Waals surface area (Å²) < 4.78 is 0. The van der Waals surface area contributed by atoms with Crippen LogP contribution in [0.5, 0.6) is 0 Å². The largest absolute Gasteiger partial charge is 0.385 e. The van der Waals surface area contributed by atoms with Gasteiger partial charge in [-0.25, -0.2) is 4.98 Å². The standard InChI is InChI=1S/C11H18N2O/c1-2-3-4-5-6-7-10(14)11-12-8-9-13-11/h2,8-10,14H,1,3-7H2,(H,12,13). The van der Waals surface area contributed by atoms with Crippen LogP contribution in [0.15, 0.2) is 25.0 Å². The van der Waals surface area contributed by atoms with Gasteiger partial charge in [-0.2, -0.15) is 0 Å². The second-order valence-electron chi connectivity index (χ2n) is 3.42. The molecule has 0 fully saturated rings. The average Bonchev–Trinajstić information content (AvgIpc) is 2.70. The minimum Gasteiger partial charge on any atom is -0.385 e. The maximum Gasteiger partial charge on any atom is 0.134 e. The predicted octanol–water partition coefficient (Wildman–Crippen LogP) is 2.58. The van der Waals surface area contributed by atoms with E-state index in [-0.39, 0.29) is 0 Å². The van der Waals surface area contributed by atoms with Crippen LogP contribution in [0, 0.1) is 0 Å².